The number of phenolic OH excluding ortho intramolecular Hbond substituents is 1. The summed E-state index contributed by atoms with van der Waals surface area (Å²) >= 11 is 0. The summed E-state index contributed by atoms with van der Waals surface area (Å²) in [6, 6.07) is 4.42. The molecule has 4 unspecified atom stereocenters. The molecule has 1 N–H and O–H groups in total. The van der Waals surface area contributed by atoms with Crippen molar-refractivity contribution in [1.82, 2.24) is 4.90 Å². The molecule has 4 atom stereocenters. The molecule has 0 spiro atoms. The number of nitrogens with zero attached hydrogens (tertiary/aromatic N) is 1. The Bertz CT molecular complexity index is 923. The molecule has 174 valence electrons. The Morgan fingerprint density at radius 1 is 1.25 bits per heavy atom. The molecule has 1 aromatic rings. The number of ketones is 1. The number of benzene rings is 1. The average Bonchev–Trinajstić information content (AvgIpc) is 3.04. The molecular formula is C25H33NO6. The van der Waals surface area contributed by atoms with Gasteiger partial charge in [0.1, 0.15) is 6.10 Å². The van der Waals surface area contributed by atoms with Crippen LogP contribution in [0.2, 0.25) is 0 Å². The maximum Gasteiger partial charge on any atom is 0.290 e. The first-order valence-electron chi connectivity index (χ1n) is 11.6. The summed E-state index contributed by atoms with van der Waals surface area (Å²) in [5.74, 6) is 0.545. The predicted octanol–water partition coefficient (Wildman–Crippen LogP) is 3.76. The standard InChI is InChI=1S/C25H33NO6/c1-14(2)31-11-5-10-26-22(16-7-8-18(27)20(13-16)30-4)21-23(28)17-12-15(3)6-9-19(17)32-24(21)25(26)29/h7-8,13-15,17,19,22,27H,5-6,9-12H2,1-4H3. The van der Waals surface area contributed by atoms with E-state index in [1.165, 1.54) is 13.2 Å². The molecule has 1 fully saturated rings. The van der Waals surface area contributed by atoms with Gasteiger partial charge in [-0.3, -0.25) is 9.59 Å². The fourth-order valence-corrected chi connectivity index (χ4v) is 5.12. The van der Waals surface area contributed by atoms with E-state index in [9.17, 15) is 14.7 Å². The third kappa shape index (κ3) is 4.10. The lowest BCUT2D eigenvalue weighted by Gasteiger charge is -2.37. The highest BCUT2D eigenvalue weighted by Gasteiger charge is 2.52. The van der Waals surface area contributed by atoms with Gasteiger partial charge in [0.2, 0.25) is 0 Å². The summed E-state index contributed by atoms with van der Waals surface area (Å²) in [4.78, 5) is 28.8. The number of rotatable bonds is 7. The van der Waals surface area contributed by atoms with Gasteiger partial charge in [-0.2, -0.15) is 0 Å². The largest absolute Gasteiger partial charge is 0.504 e. The minimum absolute atomic E-state index is 0.0130. The molecule has 7 nitrogen and oxygen atoms in total. The second-order valence-corrected chi connectivity index (χ2v) is 9.39. The lowest BCUT2D eigenvalue weighted by atomic mass is 9.74. The van der Waals surface area contributed by atoms with E-state index in [0.717, 1.165) is 24.8 Å². The van der Waals surface area contributed by atoms with Crippen LogP contribution in [0.5, 0.6) is 11.5 Å². The van der Waals surface area contributed by atoms with Crippen LogP contribution >= 0.6 is 0 Å². The highest BCUT2D eigenvalue weighted by Crippen LogP contribution is 2.48. The quantitative estimate of drug-likeness (QED) is 0.646. The van der Waals surface area contributed by atoms with Crippen molar-refractivity contribution in [2.24, 2.45) is 11.8 Å². The van der Waals surface area contributed by atoms with Gasteiger partial charge in [-0.05, 0) is 63.1 Å². The van der Waals surface area contributed by atoms with Gasteiger partial charge < -0.3 is 24.2 Å². The van der Waals surface area contributed by atoms with Gasteiger partial charge in [0, 0.05) is 13.2 Å². The molecule has 4 rings (SSSR count). The molecule has 3 aliphatic rings. The molecule has 1 saturated carbocycles. The third-order valence-electron chi connectivity index (χ3n) is 6.72. The molecule has 0 bridgehead atoms. The summed E-state index contributed by atoms with van der Waals surface area (Å²) in [6.07, 6.45) is 3.11. The zero-order chi connectivity index (χ0) is 23.0. The predicted molar refractivity (Wildman–Crippen MR) is 118 cm³/mol. The van der Waals surface area contributed by atoms with E-state index in [0.29, 0.717) is 36.8 Å². The smallest absolute Gasteiger partial charge is 0.290 e. The van der Waals surface area contributed by atoms with Gasteiger partial charge in [-0.25, -0.2) is 0 Å². The van der Waals surface area contributed by atoms with Crippen LogP contribution in [-0.2, 0) is 19.1 Å². The van der Waals surface area contributed by atoms with Gasteiger partial charge in [0.25, 0.3) is 5.91 Å². The number of hydrogen-bond donors (Lipinski definition) is 1. The molecule has 7 heteroatoms. The minimum atomic E-state index is -0.559. The number of aromatic hydroxyl groups is 1. The maximum atomic E-state index is 13.7. The van der Waals surface area contributed by atoms with E-state index in [1.807, 2.05) is 13.8 Å². The zero-order valence-corrected chi connectivity index (χ0v) is 19.3. The Kier molecular flexibility index (Phi) is 6.47. The lowest BCUT2D eigenvalue weighted by molar-refractivity contribution is -0.136. The molecule has 2 aliphatic heterocycles. The van der Waals surface area contributed by atoms with Crippen LogP contribution < -0.4 is 4.74 Å². The summed E-state index contributed by atoms with van der Waals surface area (Å²) in [7, 11) is 1.48. The second-order valence-electron chi connectivity index (χ2n) is 9.39. The fraction of sp³-hybridized carbons (Fsp3) is 0.600. The zero-order valence-electron chi connectivity index (χ0n) is 19.3. The highest BCUT2D eigenvalue weighted by molar-refractivity contribution is 6.11. The first kappa shape index (κ1) is 22.6. The summed E-state index contributed by atoms with van der Waals surface area (Å²) in [5.41, 5.74) is 1.17. The Morgan fingerprint density at radius 3 is 2.75 bits per heavy atom. The van der Waals surface area contributed by atoms with Gasteiger partial charge in [-0.1, -0.05) is 13.0 Å². The number of carbonyl (C=O) groups is 2. The van der Waals surface area contributed by atoms with Crippen molar-refractivity contribution in [1.29, 1.82) is 0 Å². The Labute approximate surface area is 189 Å². The average molecular weight is 444 g/mol. The van der Waals surface area contributed by atoms with Crippen molar-refractivity contribution < 1.29 is 28.9 Å². The van der Waals surface area contributed by atoms with Crippen LogP contribution in [0.25, 0.3) is 0 Å². The number of ether oxygens (including phenoxy) is 3. The first-order chi connectivity index (χ1) is 15.3. The van der Waals surface area contributed by atoms with Crippen molar-refractivity contribution in [3.05, 3.63) is 35.1 Å². The molecule has 0 radical (unpaired) electrons. The fourth-order valence-electron chi connectivity index (χ4n) is 5.12. The number of carbonyl (C=O) groups excluding carboxylic acids is 2. The van der Waals surface area contributed by atoms with E-state index >= 15 is 0 Å². The number of Topliss-reactive ketones (excluding diaryl/α,β-unsaturated/α-hetero) is 1. The van der Waals surface area contributed by atoms with E-state index < -0.39 is 6.04 Å². The van der Waals surface area contributed by atoms with Crippen molar-refractivity contribution >= 4 is 11.7 Å². The first-order valence-corrected chi connectivity index (χ1v) is 11.6. The number of phenols is 1. The van der Waals surface area contributed by atoms with Gasteiger partial charge in [-0.15, -0.1) is 0 Å². The molecule has 1 amide bonds. The van der Waals surface area contributed by atoms with E-state index in [4.69, 9.17) is 14.2 Å². The van der Waals surface area contributed by atoms with Crippen LogP contribution in [0.15, 0.2) is 29.5 Å². The molecule has 0 aromatic heterocycles. The van der Waals surface area contributed by atoms with Crippen molar-refractivity contribution in [2.45, 2.75) is 64.7 Å². The van der Waals surface area contributed by atoms with Crippen LogP contribution in [0.1, 0.15) is 58.1 Å². The lowest BCUT2D eigenvalue weighted by Crippen LogP contribution is -2.41. The number of fused-ring (bicyclic) bond motifs is 1. The van der Waals surface area contributed by atoms with Crippen LogP contribution in [0.3, 0.4) is 0 Å². The molecule has 2 heterocycles. The number of methoxy groups -OCH3 is 1. The maximum absolute atomic E-state index is 13.7. The number of hydrogen-bond acceptors (Lipinski definition) is 6. The molecule has 0 saturated heterocycles. The highest BCUT2D eigenvalue weighted by atomic mass is 16.5. The van der Waals surface area contributed by atoms with Crippen LogP contribution in [0.4, 0.5) is 0 Å². The van der Waals surface area contributed by atoms with E-state index in [2.05, 4.69) is 6.92 Å². The Hall–Kier alpha value is -2.54. The SMILES string of the molecule is COc1cc(C2C3=C(OC4CCC(C)CC4C3=O)C(=O)N2CCCOC(C)C)ccc1O. The second kappa shape index (κ2) is 9.14. The van der Waals surface area contributed by atoms with Gasteiger partial charge in [0.15, 0.2) is 23.0 Å². The monoisotopic (exact) mass is 443 g/mol. The molecular weight excluding hydrogens is 410 g/mol. The van der Waals surface area contributed by atoms with Gasteiger partial charge >= 0.3 is 0 Å². The van der Waals surface area contributed by atoms with E-state index in [1.54, 1.807) is 17.0 Å². The molecule has 32 heavy (non-hydrogen) atoms. The minimum Gasteiger partial charge on any atom is -0.504 e. The molecule has 1 aliphatic carbocycles. The van der Waals surface area contributed by atoms with Crippen molar-refractivity contribution in [3.8, 4) is 11.5 Å². The van der Waals surface area contributed by atoms with Gasteiger partial charge in [0.05, 0.1) is 30.7 Å². The van der Waals surface area contributed by atoms with E-state index in [-0.39, 0.29) is 41.3 Å². The summed E-state index contributed by atoms with van der Waals surface area (Å²) < 4.78 is 17.2. The Balaban J connectivity index is 1.69. The topological polar surface area (TPSA) is 85.3 Å². The normalized spacial score (nSPS) is 27.5. The number of amides is 1. The molecule has 1 aromatic carbocycles. The summed E-state index contributed by atoms with van der Waals surface area (Å²) in [6.45, 7) is 7.07. The van der Waals surface area contributed by atoms with Crippen molar-refractivity contribution in [2.75, 3.05) is 20.3 Å². The van der Waals surface area contributed by atoms with Crippen LogP contribution in [0, 0.1) is 11.8 Å². The van der Waals surface area contributed by atoms with Crippen LogP contribution in [-0.4, -0.2) is 54.2 Å². The summed E-state index contributed by atoms with van der Waals surface area (Å²) in [5, 5.41) is 10.1. The van der Waals surface area contributed by atoms with Crippen molar-refractivity contribution in [3.63, 3.8) is 0 Å². The Morgan fingerprint density at radius 2 is 2.03 bits per heavy atom. The third-order valence-corrected chi connectivity index (χ3v) is 6.72.